The number of carboxylic acids is 4. The van der Waals surface area contributed by atoms with Crippen molar-refractivity contribution in [2.24, 2.45) is 0 Å². The van der Waals surface area contributed by atoms with E-state index in [1.54, 1.807) is 39.0 Å². The smallest absolute Gasteiger partial charge is 0.326 e. The lowest BCUT2D eigenvalue weighted by Crippen LogP contribution is -2.50. The Morgan fingerprint density at radius 3 is 1.71 bits per heavy atom. The number of carbonyl (C=O) groups excluding carboxylic acids is 5. The molecule has 1 aliphatic heterocycles. The maximum Gasteiger partial charge on any atom is 0.326 e. The van der Waals surface area contributed by atoms with E-state index >= 15 is 0 Å². The van der Waals surface area contributed by atoms with E-state index in [1.165, 1.54) is 11.8 Å². The number of Topliss-reactive ketones (excluding diaryl/α,β-unsaturated/α-hetero) is 1. The standard InChI is InChI=1S/C56H84N10O16S3/c1-40(83)32-41-9-11-44(12-10-41)60-56(84)58-16-4-3-8-46(55(78)79)61-48(68)14-13-47(67)45(15-31-85-2)62-54(77)43-7-5-6-42(33-43)34-59-50(70)39-82-30-29-81-28-27-80-26-17-57-49(69)35-63-18-20-64(36-51(71)72)22-24-66(38-53(75)76)25-23-65(21-19-63)37-52(73)74/h5-7,9-12,33,45-46H,3-4,8,13-32,34-39H2,1-2H3,(H,57,69)(H,59,70)(H,61,68)(H,62,77)(H,71,72)(H,73,74)(H,75,76)(H,78,79)(H2,58,60,84)/t45-,46-/m0/s1. The van der Waals surface area contributed by atoms with Gasteiger partial charge in [-0.2, -0.15) is 11.8 Å². The molecule has 2 aromatic rings. The molecule has 10 N–H and O–H groups in total. The summed E-state index contributed by atoms with van der Waals surface area (Å²) in [5.74, 6) is -5.97. The summed E-state index contributed by atoms with van der Waals surface area (Å²) in [6, 6.07) is 12.2. The fraction of sp³-hybridized carbons (Fsp3) is 0.589. The summed E-state index contributed by atoms with van der Waals surface area (Å²) in [6.07, 6.45) is 3.64. The zero-order chi connectivity index (χ0) is 62.4. The molecule has 4 amide bonds. The zero-order valence-electron chi connectivity index (χ0n) is 48.5. The van der Waals surface area contributed by atoms with Gasteiger partial charge in [0.2, 0.25) is 17.7 Å². The van der Waals surface area contributed by atoms with Gasteiger partial charge in [0.15, 0.2) is 10.9 Å². The van der Waals surface area contributed by atoms with Crippen LogP contribution in [0.5, 0.6) is 0 Å². The van der Waals surface area contributed by atoms with Crippen LogP contribution in [-0.4, -0.2) is 259 Å². The number of nitrogens with one attached hydrogen (secondary N) is 6. The number of thioether (sulfide) groups is 1. The summed E-state index contributed by atoms with van der Waals surface area (Å²) in [4.78, 5) is 119. The number of rotatable bonds is 40. The molecule has 2 aromatic carbocycles. The van der Waals surface area contributed by atoms with Crippen molar-refractivity contribution >= 4 is 105 Å². The molecule has 0 aromatic heterocycles. The van der Waals surface area contributed by atoms with Crippen LogP contribution in [0.15, 0.2) is 48.5 Å². The molecule has 0 spiro atoms. The first kappa shape index (κ1) is 73.0. The normalized spacial score (nSPS) is 14.5. The number of anilines is 1. The van der Waals surface area contributed by atoms with Crippen molar-refractivity contribution in [3.05, 3.63) is 65.2 Å². The van der Waals surface area contributed by atoms with Gasteiger partial charge in [0.05, 0.1) is 65.3 Å². The average Bonchev–Trinajstić information content (AvgIpc) is 3.64. The van der Waals surface area contributed by atoms with Crippen LogP contribution in [0.1, 0.15) is 66.9 Å². The molecule has 3 rings (SSSR count). The number of ketones is 1. The van der Waals surface area contributed by atoms with Gasteiger partial charge in [-0.05, 0) is 97.1 Å². The summed E-state index contributed by atoms with van der Waals surface area (Å²) >= 11 is 12.0. The summed E-state index contributed by atoms with van der Waals surface area (Å²) in [6.45, 7) is 4.77. The summed E-state index contributed by atoms with van der Waals surface area (Å²) in [5.41, 5.74) is 2.79. The minimum Gasteiger partial charge on any atom is -0.480 e. The largest absolute Gasteiger partial charge is 0.480 e. The van der Waals surface area contributed by atoms with Crippen molar-refractivity contribution in [1.29, 1.82) is 0 Å². The molecule has 1 aliphatic rings. The Bertz CT molecular complexity index is 2450. The van der Waals surface area contributed by atoms with Gasteiger partial charge in [0.25, 0.3) is 5.91 Å². The summed E-state index contributed by atoms with van der Waals surface area (Å²) in [7, 11) is 0. The van der Waals surface area contributed by atoms with E-state index in [0.29, 0.717) is 55.3 Å². The Labute approximate surface area is 511 Å². The molecule has 26 nitrogen and oxygen atoms in total. The van der Waals surface area contributed by atoms with Crippen molar-refractivity contribution in [1.82, 2.24) is 46.2 Å². The van der Waals surface area contributed by atoms with Gasteiger partial charge < -0.3 is 66.5 Å². The van der Waals surface area contributed by atoms with Crippen LogP contribution in [0, 0.1) is 0 Å². The molecule has 0 radical (unpaired) electrons. The molecule has 1 fully saturated rings. The molecule has 1 heterocycles. The minimum absolute atomic E-state index is 0.0241. The molecule has 0 unspecified atom stereocenters. The van der Waals surface area contributed by atoms with Crippen LogP contribution in [-0.2, 0) is 65.5 Å². The number of carbonyl (C=O) groups is 9. The molecular weight excluding hydrogens is 1160 g/mol. The lowest BCUT2D eigenvalue weighted by molar-refractivity contribution is -0.142. The molecule has 472 valence electrons. The Kier molecular flexibility index (Phi) is 36.5. The van der Waals surface area contributed by atoms with E-state index in [2.05, 4.69) is 31.9 Å². The molecule has 2 atom stereocenters. The maximum absolute atomic E-state index is 13.4. The predicted molar refractivity (Wildman–Crippen MR) is 327 cm³/mol. The average molecular weight is 1250 g/mol. The number of aliphatic carboxylic acids is 4. The second-order valence-corrected chi connectivity index (χ2v) is 22.2. The molecule has 0 bridgehead atoms. The van der Waals surface area contributed by atoms with Gasteiger partial charge in [-0.25, -0.2) is 4.79 Å². The number of hydrogen-bond donors (Lipinski definition) is 10. The van der Waals surface area contributed by atoms with Gasteiger partial charge in [-0.3, -0.25) is 58.0 Å². The first-order valence-corrected chi connectivity index (χ1v) is 30.3. The maximum atomic E-state index is 13.4. The summed E-state index contributed by atoms with van der Waals surface area (Å²) < 4.78 is 16.5. The third kappa shape index (κ3) is 34.5. The second kappa shape index (κ2) is 42.5. The van der Waals surface area contributed by atoms with Crippen molar-refractivity contribution in [3.63, 3.8) is 0 Å². The molecule has 1 saturated heterocycles. The second-order valence-electron chi connectivity index (χ2n) is 20.1. The summed E-state index contributed by atoms with van der Waals surface area (Å²) in [5, 5.41) is 55.5. The Balaban J connectivity index is 1.30. The van der Waals surface area contributed by atoms with E-state index in [0.717, 1.165) is 22.5 Å². The molecule has 85 heavy (non-hydrogen) atoms. The number of benzene rings is 2. The van der Waals surface area contributed by atoms with Gasteiger partial charge in [0.1, 0.15) is 12.6 Å². The first-order valence-electron chi connectivity index (χ1n) is 28.1. The number of nitrogens with zero attached hydrogens (tertiary/aromatic N) is 4. The quantitative estimate of drug-likeness (QED) is 0.0326. The van der Waals surface area contributed by atoms with Gasteiger partial charge in [-0.15, -0.1) is 0 Å². The van der Waals surface area contributed by atoms with Crippen LogP contribution in [0.4, 0.5) is 5.69 Å². The highest BCUT2D eigenvalue weighted by Gasteiger charge is 2.25. The highest BCUT2D eigenvalue weighted by Crippen LogP contribution is 2.13. The highest BCUT2D eigenvalue weighted by molar-refractivity contribution is 7.98. The highest BCUT2D eigenvalue weighted by atomic mass is 32.2. The number of ether oxygens (including phenoxy) is 3. The van der Waals surface area contributed by atoms with E-state index in [4.69, 9.17) is 38.6 Å². The topological polar surface area (TPSA) is 347 Å². The monoisotopic (exact) mass is 1250 g/mol. The third-order valence-corrected chi connectivity index (χ3v) is 14.0. The van der Waals surface area contributed by atoms with Gasteiger partial charge in [0, 0.05) is 103 Å². The minimum atomic E-state index is -1.19. The van der Waals surface area contributed by atoms with Crippen molar-refractivity contribution in [2.45, 2.75) is 70.5 Å². The number of unbranched alkanes of at least 4 members (excludes halogenated alkanes) is 1. The molecule has 0 aliphatic carbocycles. The van der Waals surface area contributed by atoms with Gasteiger partial charge >= 0.3 is 23.9 Å². The molecule has 29 heteroatoms. The fourth-order valence-electron chi connectivity index (χ4n) is 8.56. The first-order chi connectivity index (χ1) is 40.7. The lowest BCUT2D eigenvalue weighted by atomic mass is 10.0. The van der Waals surface area contributed by atoms with Crippen LogP contribution >= 0.6 is 36.2 Å². The third-order valence-electron chi connectivity index (χ3n) is 13.0. The Morgan fingerprint density at radius 1 is 0.588 bits per heavy atom. The van der Waals surface area contributed by atoms with E-state index in [1.807, 2.05) is 42.3 Å². The molecular formula is C56H84N10O16S3. The van der Waals surface area contributed by atoms with Crippen LogP contribution in [0.3, 0.4) is 0 Å². The number of hydrogen-bond acceptors (Lipinski definition) is 19. The number of amides is 4. The van der Waals surface area contributed by atoms with E-state index < -0.39 is 53.7 Å². The molecule has 0 saturated carbocycles. The van der Waals surface area contributed by atoms with Crippen LogP contribution < -0.4 is 31.9 Å². The predicted octanol–water partition coefficient (Wildman–Crippen LogP) is 0.804. The number of thiocarbonyl (C=S) groups is 2. The zero-order valence-corrected chi connectivity index (χ0v) is 50.9. The number of carboxylic acid groups (broad SMARTS) is 4. The van der Waals surface area contributed by atoms with E-state index in [-0.39, 0.29) is 155 Å². The van der Waals surface area contributed by atoms with Crippen LogP contribution in [0.25, 0.3) is 0 Å². The Morgan fingerprint density at radius 2 is 1.15 bits per heavy atom. The van der Waals surface area contributed by atoms with Gasteiger partial charge in [-0.1, -0.05) is 36.5 Å². The van der Waals surface area contributed by atoms with Crippen molar-refractivity contribution < 1.29 is 77.8 Å². The Hall–Kier alpha value is -6.28. The van der Waals surface area contributed by atoms with E-state index in [9.17, 15) is 63.6 Å². The SMILES string of the molecule is CSCC[C@H](NC(=O)c1cccc(CNC(=O)COCCOCCOCCNC(=O)CN2CCN(CC(=O)O)CCN(CC(=O)O)CCN(CC(=O)O)CC2)c1)C(=O)CCC(=O)N[C@@H](CCCCNC(=S)Nc1ccc(CC(C)=S)cc1)C(=O)O. The van der Waals surface area contributed by atoms with Crippen molar-refractivity contribution in [3.8, 4) is 0 Å². The van der Waals surface area contributed by atoms with Crippen molar-refractivity contribution in [2.75, 3.05) is 149 Å². The lowest BCUT2D eigenvalue weighted by Gasteiger charge is -2.32. The fourth-order valence-corrected chi connectivity index (χ4v) is 9.41. The van der Waals surface area contributed by atoms with Crippen LogP contribution in [0.2, 0.25) is 0 Å².